The number of piperidine rings is 1. The molecule has 2 aromatic rings. The number of carbonyl (C=O) groups excluding carboxylic acids is 1. The summed E-state index contributed by atoms with van der Waals surface area (Å²) in [6, 6.07) is 4.78. The highest BCUT2D eigenvalue weighted by Crippen LogP contribution is 2.31. The molecule has 1 aliphatic heterocycles. The number of hydrogen-bond donors (Lipinski definition) is 1. The van der Waals surface area contributed by atoms with Crippen LogP contribution < -0.4 is 5.32 Å². The van der Waals surface area contributed by atoms with Crippen molar-refractivity contribution in [2.45, 2.75) is 25.9 Å². The molecule has 0 atom stereocenters. The van der Waals surface area contributed by atoms with Crippen LogP contribution in [0.15, 0.2) is 36.7 Å². The molecular weight excluding hydrogens is 345 g/mol. The molecule has 1 N–H and O–H groups in total. The lowest BCUT2D eigenvalue weighted by atomic mass is 9.99. The minimum atomic E-state index is -4.42. The van der Waals surface area contributed by atoms with Gasteiger partial charge in [0.05, 0.1) is 11.1 Å². The third-order valence-electron chi connectivity index (χ3n) is 4.42. The number of anilines is 2. The summed E-state index contributed by atoms with van der Waals surface area (Å²) in [5, 5.41) is 2.72. The number of rotatable bonds is 3. The van der Waals surface area contributed by atoms with E-state index in [1.165, 1.54) is 24.5 Å². The minimum Gasteiger partial charge on any atom is -0.339 e. The summed E-state index contributed by atoms with van der Waals surface area (Å²) < 4.78 is 38.2. The zero-order valence-electron chi connectivity index (χ0n) is 14.3. The van der Waals surface area contributed by atoms with Crippen LogP contribution in [0.4, 0.5) is 24.8 Å². The van der Waals surface area contributed by atoms with Gasteiger partial charge in [0, 0.05) is 31.2 Å². The number of halogens is 3. The summed E-state index contributed by atoms with van der Waals surface area (Å²) in [4.78, 5) is 22.3. The van der Waals surface area contributed by atoms with Gasteiger partial charge in [0.1, 0.15) is 0 Å². The second-order valence-corrected chi connectivity index (χ2v) is 6.47. The van der Waals surface area contributed by atoms with Crippen molar-refractivity contribution in [1.82, 2.24) is 14.9 Å². The fourth-order valence-corrected chi connectivity index (χ4v) is 2.80. The Morgan fingerprint density at radius 3 is 2.46 bits per heavy atom. The minimum absolute atomic E-state index is 0.123. The molecule has 138 valence electrons. The summed E-state index contributed by atoms with van der Waals surface area (Å²) in [6.45, 7) is 3.59. The summed E-state index contributed by atoms with van der Waals surface area (Å²) in [5.74, 6) is 0.630. The summed E-state index contributed by atoms with van der Waals surface area (Å²) in [6.07, 6.45) is 0.316. The Kier molecular flexibility index (Phi) is 5.11. The molecule has 0 bridgehead atoms. The van der Waals surface area contributed by atoms with E-state index in [1.807, 2.05) is 0 Å². The van der Waals surface area contributed by atoms with Crippen molar-refractivity contribution in [3.05, 3.63) is 47.8 Å². The van der Waals surface area contributed by atoms with E-state index in [1.54, 1.807) is 4.90 Å². The third-order valence-corrected chi connectivity index (χ3v) is 4.42. The highest BCUT2D eigenvalue weighted by atomic mass is 19.4. The van der Waals surface area contributed by atoms with Crippen LogP contribution in [0, 0.1) is 5.92 Å². The monoisotopic (exact) mass is 364 g/mol. The van der Waals surface area contributed by atoms with Gasteiger partial charge in [-0.05, 0) is 37.0 Å². The van der Waals surface area contributed by atoms with Crippen LogP contribution in [0.2, 0.25) is 0 Å². The van der Waals surface area contributed by atoms with Crippen molar-refractivity contribution >= 4 is 17.5 Å². The molecule has 26 heavy (non-hydrogen) atoms. The van der Waals surface area contributed by atoms with E-state index in [4.69, 9.17) is 0 Å². The molecule has 1 saturated heterocycles. The summed E-state index contributed by atoms with van der Waals surface area (Å²) >= 11 is 0. The number of nitrogens with zero attached hydrogens (tertiary/aromatic N) is 3. The van der Waals surface area contributed by atoms with Gasteiger partial charge in [0.25, 0.3) is 5.91 Å². The average Bonchev–Trinajstić information content (AvgIpc) is 2.62. The largest absolute Gasteiger partial charge is 0.416 e. The van der Waals surface area contributed by atoms with Crippen LogP contribution in [-0.4, -0.2) is 33.9 Å². The normalized spacial score (nSPS) is 15.8. The summed E-state index contributed by atoms with van der Waals surface area (Å²) in [5.41, 5.74) is -0.160. The molecule has 0 radical (unpaired) electrons. The van der Waals surface area contributed by atoms with Crippen LogP contribution in [0.1, 0.15) is 35.7 Å². The van der Waals surface area contributed by atoms with E-state index in [-0.39, 0.29) is 17.5 Å². The van der Waals surface area contributed by atoms with E-state index in [2.05, 4.69) is 22.2 Å². The Morgan fingerprint density at radius 1 is 1.19 bits per heavy atom. The molecule has 1 aromatic heterocycles. The molecule has 0 unspecified atom stereocenters. The summed E-state index contributed by atoms with van der Waals surface area (Å²) in [7, 11) is 0. The van der Waals surface area contributed by atoms with E-state index in [9.17, 15) is 18.0 Å². The number of nitrogens with one attached hydrogen (secondary N) is 1. The Bertz CT molecular complexity index is 769. The molecule has 5 nitrogen and oxygen atoms in total. The SMILES string of the molecule is CC1CCN(C(=O)c2cnc(Nc3cccc(C(F)(F)F)c3)nc2)CC1. The van der Waals surface area contributed by atoms with Gasteiger partial charge >= 0.3 is 6.18 Å². The van der Waals surface area contributed by atoms with Crippen LogP contribution in [0.3, 0.4) is 0 Å². The van der Waals surface area contributed by atoms with Gasteiger partial charge in [-0.3, -0.25) is 4.79 Å². The first-order valence-corrected chi connectivity index (χ1v) is 8.38. The van der Waals surface area contributed by atoms with Crippen molar-refractivity contribution in [2.24, 2.45) is 5.92 Å². The van der Waals surface area contributed by atoms with Gasteiger partial charge in [-0.15, -0.1) is 0 Å². The molecule has 0 spiro atoms. The number of likely N-dealkylation sites (tertiary alicyclic amines) is 1. The maximum atomic E-state index is 12.7. The van der Waals surface area contributed by atoms with Crippen LogP contribution in [0.25, 0.3) is 0 Å². The predicted molar refractivity (Wildman–Crippen MR) is 91.1 cm³/mol. The van der Waals surface area contributed by atoms with Crippen LogP contribution in [0.5, 0.6) is 0 Å². The molecule has 2 heterocycles. The standard InChI is InChI=1S/C18H19F3N4O/c1-12-5-7-25(8-6-12)16(26)13-10-22-17(23-11-13)24-15-4-2-3-14(9-15)18(19,20)21/h2-4,9-12H,5-8H2,1H3,(H,22,23,24). The second-order valence-electron chi connectivity index (χ2n) is 6.47. The number of alkyl halides is 3. The van der Waals surface area contributed by atoms with E-state index in [0.29, 0.717) is 24.6 Å². The molecule has 3 rings (SSSR count). The van der Waals surface area contributed by atoms with Crippen molar-refractivity contribution in [3.63, 3.8) is 0 Å². The topological polar surface area (TPSA) is 58.1 Å². The lowest BCUT2D eigenvalue weighted by Gasteiger charge is -2.30. The predicted octanol–water partition coefficient (Wildman–Crippen LogP) is 4.11. The van der Waals surface area contributed by atoms with Gasteiger partial charge in [0.2, 0.25) is 5.95 Å². The molecule has 0 aliphatic carbocycles. The second kappa shape index (κ2) is 7.31. The Morgan fingerprint density at radius 2 is 1.85 bits per heavy atom. The van der Waals surface area contributed by atoms with Gasteiger partial charge in [0.15, 0.2) is 0 Å². The van der Waals surface area contributed by atoms with Crippen molar-refractivity contribution < 1.29 is 18.0 Å². The van der Waals surface area contributed by atoms with Gasteiger partial charge in [-0.1, -0.05) is 13.0 Å². The zero-order valence-corrected chi connectivity index (χ0v) is 14.3. The smallest absolute Gasteiger partial charge is 0.339 e. The van der Waals surface area contributed by atoms with Crippen molar-refractivity contribution in [3.8, 4) is 0 Å². The van der Waals surface area contributed by atoms with Crippen LogP contribution >= 0.6 is 0 Å². The fourth-order valence-electron chi connectivity index (χ4n) is 2.80. The molecule has 1 aliphatic rings. The lowest BCUT2D eigenvalue weighted by molar-refractivity contribution is -0.137. The highest BCUT2D eigenvalue weighted by molar-refractivity contribution is 5.93. The first kappa shape index (κ1) is 18.2. The highest BCUT2D eigenvalue weighted by Gasteiger charge is 2.30. The van der Waals surface area contributed by atoms with Crippen molar-refractivity contribution in [2.75, 3.05) is 18.4 Å². The van der Waals surface area contributed by atoms with Crippen LogP contribution in [-0.2, 0) is 6.18 Å². The Hall–Kier alpha value is -2.64. The van der Waals surface area contributed by atoms with Gasteiger partial charge < -0.3 is 10.2 Å². The third kappa shape index (κ3) is 4.30. The van der Waals surface area contributed by atoms with Crippen molar-refractivity contribution in [1.29, 1.82) is 0 Å². The maximum absolute atomic E-state index is 12.7. The van der Waals surface area contributed by atoms with Gasteiger partial charge in [-0.2, -0.15) is 13.2 Å². The number of benzene rings is 1. The number of amides is 1. The molecule has 1 aromatic carbocycles. The number of aromatic nitrogens is 2. The fraction of sp³-hybridized carbons (Fsp3) is 0.389. The van der Waals surface area contributed by atoms with Gasteiger partial charge in [-0.25, -0.2) is 9.97 Å². The first-order chi connectivity index (χ1) is 12.3. The molecular formula is C18H19F3N4O. The zero-order chi connectivity index (χ0) is 18.7. The Balaban J connectivity index is 1.67. The number of carbonyl (C=O) groups is 1. The molecule has 1 amide bonds. The van der Waals surface area contributed by atoms with E-state index < -0.39 is 11.7 Å². The Labute approximate surface area is 149 Å². The average molecular weight is 364 g/mol. The number of hydrogen-bond acceptors (Lipinski definition) is 4. The quantitative estimate of drug-likeness (QED) is 0.890. The maximum Gasteiger partial charge on any atom is 0.416 e. The first-order valence-electron chi connectivity index (χ1n) is 8.38. The molecule has 8 heteroatoms. The molecule has 1 fully saturated rings. The van der Waals surface area contributed by atoms with E-state index >= 15 is 0 Å². The lowest BCUT2D eigenvalue weighted by Crippen LogP contribution is -2.38. The van der Waals surface area contributed by atoms with E-state index in [0.717, 1.165) is 25.0 Å². The molecule has 0 saturated carbocycles.